The first kappa shape index (κ1) is 21.7. The molecule has 1 aliphatic carbocycles. The second-order valence-electron chi connectivity index (χ2n) is 7.64. The van der Waals surface area contributed by atoms with Crippen LogP contribution in [0.1, 0.15) is 57.9 Å². The zero-order chi connectivity index (χ0) is 21.8. The number of carbonyl (C=O) groups is 1. The van der Waals surface area contributed by atoms with E-state index >= 15 is 0 Å². The van der Waals surface area contributed by atoms with Crippen LogP contribution in [0.25, 0.3) is 0 Å². The number of allylic oxidation sites excluding steroid dienone is 3. The van der Waals surface area contributed by atoms with Crippen molar-refractivity contribution in [3.63, 3.8) is 0 Å². The number of aliphatic imine (C=N–C) groups is 1. The minimum atomic E-state index is -0.561. The Kier molecular flexibility index (Phi) is 6.66. The lowest BCUT2D eigenvalue weighted by Gasteiger charge is -2.29. The standard InChI is InChI=1S/C22H27N3O5/c1-13-19(15(3)24-30-18-10-5-6-11-18)21(20(14(2)23-13)22(26)29-4)16-8-7-9-17(12-16)25(27)28/h7-9,12,18,21,24H,5-6,10-11H2,1-4H3. The van der Waals surface area contributed by atoms with E-state index < -0.39 is 16.8 Å². The Labute approximate surface area is 175 Å². The third kappa shape index (κ3) is 4.43. The smallest absolute Gasteiger partial charge is 0.336 e. The van der Waals surface area contributed by atoms with Gasteiger partial charge in [0.05, 0.1) is 23.7 Å². The maximum absolute atomic E-state index is 12.7. The van der Waals surface area contributed by atoms with Crippen molar-refractivity contribution in [1.29, 1.82) is 0 Å². The van der Waals surface area contributed by atoms with Crippen molar-refractivity contribution in [2.24, 2.45) is 4.99 Å². The number of nitrogens with one attached hydrogen (secondary N) is 1. The fourth-order valence-electron chi connectivity index (χ4n) is 4.18. The van der Waals surface area contributed by atoms with E-state index in [2.05, 4.69) is 10.5 Å². The molecule has 1 heterocycles. The van der Waals surface area contributed by atoms with E-state index in [1.54, 1.807) is 19.1 Å². The molecule has 0 amide bonds. The van der Waals surface area contributed by atoms with Gasteiger partial charge in [-0.1, -0.05) is 25.0 Å². The van der Waals surface area contributed by atoms with Crippen LogP contribution in [-0.4, -0.2) is 29.8 Å². The van der Waals surface area contributed by atoms with Gasteiger partial charge < -0.3 is 4.74 Å². The van der Waals surface area contributed by atoms with Crippen LogP contribution in [0.15, 0.2) is 51.8 Å². The first-order valence-corrected chi connectivity index (χ1v) is 10.0. The van der Waals surface area contributed by atoms with Crippen molar-refractivity contribution < 1.29 is 19.3 Å². The minimum absolute atomic E-state index is 0.0401. The number of hydrogen-bond acceptors (Lipinski definition) is 7. The molecule has 8 heteroatoms. The monoisotopic (exact) mass is 413 g/mol. The number of methoxy groups -OCH3 is 1. The van der Waals surface area contributed by atoms with Gasteiger partial charge in [-0.2, -0.15) is 0 Å². The van der Waals surface area contributed by atoms with Gasteiger partial charge in [-0.25, -0.2) is 4.79 Å². The number of nitro benzene ring substituents is 1. The predicted octanol–water partition coefficient (Wildman–Crippen LogP) is 4.34. The lowest BCUT2D eigenvalue weighted by molar-refractivity contribution is -0.384. The van der Waals surface area contributed by atoms with Crippen LogP contribution >= 0.6 is 0 Å². The molecule has 0 radical (unpaired) electrons. The summed E-state index contributed by atoms with van der Waals surface area (Å²) >= 11 is 0. The molecule has 2 aliphatic rings. The van der Waals surface area contributed by atoms with Gasteiger partial charge in [0.2, 0.25) is 0 Å². The molecule has 8 nitrogen and oxygen atoms in total. The van der Waals surface area contributed by atoms with Gasteiger partial charge in [-0.05, 0) is 39.2 Å². The molecule has 0 saturated heterocycles. The molecule has 160 valence electrons. The van der Waals surface area contributed by atoms with Gasteiger partial charge >= 0.3 is 5.97 Å². The first-order valence-electron chi connectivity index (χ1n) is 10.0. The van der Waals surface area contributed by atoms with Crippen LogP contribution in [0.4, 0.5) is 5.69 Å². The molecular formula is C22H27N3O5. The number of esters is 1. The Morgan fingerprint density at radius 1 is 1.27 bits per heavy atom. The number of rotatable bonds is 6. The molecule has 1 N–H and O–H groups in total. The van der Waals surface area contributed by atoms with Gasteiger partial charge in [0.1, 0.15) is 0 Å². The summed E-state index contributed by atoms with van der Waals surface area (Å²) in [6.07, 6.45) is 4.45. The fraction of sp³-hybridized carbons (Fsp3) is 0.455. The summed E-state index contributed by atoms with van der Waals surface area (Å²) < 4.78 is 5.02. The van der Waals surface area contributed by atoms with E-state index in [4.69, 9.17) is 9.57 Å². The zero-order valence-electron chi connectivity index (χ0n) is 17.7. The van der Waals surface area contributed by atoms with Crippen molar-refractivity contribution in [1.82, 2.24) is 5.48 Å². The summed E-state index contributed by atoms with van der Waals surface area (Å²) in [5.41, 5.74) is 6.70. The number of carbonyl (C=O) groups excluding carboxylic acids is 1. The number of hydroxylamine groups is 1. The summed E-state index contributed by atoms with van der Waals surface area (Å²) in [6, 6.07) is 6.32. The van der Waals surface area contributed by atoms with Crippen molar-refractivity contribution in [2.45, 2.75) is 58.5 Å². The van der Waals surface area contributed by atoms with Crippen molar-refractivity contribution in [3.8, 4) is 0 Å². The van der Waals surface area contributed by atoms with Gasteiger partial charge in [0, 0.05) is 40.7 Å². The summed E-state index contributed by atoms with van der Waals surface area (Å²) in [5.74, 6) is -1.07. The van der Waals surface area contributed by atoms with Crippen molar-refractivity contribution in [2.75, 3.05) is 7.11 Å². The van der Waals surface area contributed by atoms with Crippen LogP contribution in [0.3, 0.4) is 0 Å². The third-order valence-electron chi connectivity index (χ3n) is 5.60. The molecule has 1 atom stereocenters. The van der Waals surface area contributed by atoms with E-state index in [0.29, 0.717) is 22.5 Å². The molecule has 1 aliphatic heterocycles. The van der Waals surface area contributed by atoms with Crippen LogP contribution in [0.5, 0.6) is 0 Å². The number of non-ortho nitro benzene ring substituents is 1. The second kappa shape index (κ2) is 9.21. The van der Waals surface area contributed by atoms with E-state index in [9.17, 15) is 14.9 Å². The number of nitro groups is 1. The molecule has 0 bridgehead atoms. The van der Waals surface area contributed by atoms with Crippen LogP contribution < -0.4 is 5.48 Å². The zero-order valence-corrected chi connectivity index (χ0v) is 17.7. The highest BCUT2D eigenvalue weighted by Gasteiger charge is 2.35. The molecule has 0 aromatic heterocycles. The fourth-order valence-corrected chi connectivity index (χ4v) is 4.18. The summed E-state index contributed by atoms with van der Waals surface area (Å²) in [4.78, 5) is 34.0. The highest BCUT2D eigenvalue weighted by atomic mass is 16.7. The normalized spacial score (nSPS) is 21.3. The Morgan fingerprint density at radius 2 is 1.97 bits per heavy atom. The maximum Gasteiger partial charge on any atom is 0.336 e. The molecule has 0 spiro atoms. The Hall–Kier alpha value is -3.00. The Balaban J connectivity index is 2.09. The van der Waals surface area contributed by atoms with Crippen molar-refractivity contribution >= 4 is 17.4 Å². The van der Waals surface area contributed by atoms with Gasteiger partial charge in [-0.3, -0.25) is 25.4 Å². The van der Waals surface area contributed by atoms with Crippen molar-refractivity contribution in [3.05, 3.63) is 62.5 Å². The average Bonchev–Trinajstić information content (AvgIpc) is 3.24. The van der Waals surface area contributed by atoms with E-state index in [1.165, 1.54) is 19.2 Å². The lowest BCUT2D eigenvalue weighted by Crippen LogP contribution is -2.28. The molecular weight excluding hydrogens is 386 g/mol. The average molecular weight is 413 g/mol. The van der Waals surface area contributed by atoms with Crippen LogP contribution in [0, 0.1) is 10.1 Å². The Bertz CT molecular complexity index is 942. The highest BCUT2D eigenvalue weighted by molar-refractivity contribution is 6.06. The number of ether oxygens (including phenoxy) is 1. The van der Waals surface area contributed by atoms with E-state index in [1.807, 2.05) is 13.8 Å². The third-order valence-corrected chi connectivity index (χ3v) is 5.60. The van der Waals surface area contributed by atoms with Crippen LogP contribution in [-0.2, 0) is 14.4 Å². The largest absolute Gasteiger partial charge is 0.466 e. The molecule has 1 unspecified atom stereocenters. The predicted molar refractivity (Wildman–Crippen MR) is 113 cm³/mol. The maximum atomic E-state index is 12.7. The number of benzene rings is 1. The van der Waals surface area contributed by atoms with Gasteiger partial charge in [0.25, 0.3) is 5.69 Å². The molecule has 1 aromatic rings. The molecule has 3 rings (SSSR count). The molecule has 1 aromatic carbocycles. The second-order valence-corrected chi connectivity index (χ2v) is 7.64. The quantitative estimate of drug-likeness (QED) is 0.423. The van der Waals surface area contributed by atoms with Crippen LogP contribution in [0.2, 0.25) is 0 Å². The Morgan fingerprint density at radius 3 is 2.60 bits per heavy atom. The first-order chi connectivity index (χ1) is 14.3. The SMILES string of the molecule is COC(=O)C1=C(C)N=C(C)C(=C(C)NOC2CCCC2)C1c1cccc([N+](=O)[O-])c1. The molecule has 30 heavy (non-hydrogen) atoms. The van der Waals surface area contributed by atoms with E-state index in [0.717, 1.165) is 37.0 Å². The summed E-state index contributed by atoms with van der Waals surface area (Å²) in [7, 11) is 1.32. The minimum Gasteiger partial charge on any atom is -0.466 e. The van der Waals surface area contributed by atoms with Gasteiger partial charge in [-0.15, -0.1) is 0 Å². The number of nitrogens with zero attached hydrogens (tertiary/aromatic N) is 2. The molecule has 1 fully saturated rings. The highest BCUT2D eigenvalue weighted by Crippen LogP contribution is 2.41. The van der Waals surface area contributed by atoms with E-state index in [-0.39, 0.29) is 11.8 Å². The van der Waals surface area contributed by atoms with Gasteiger partial charge in [0.15, 0.2) is 0 Å². The number of hydrogen-bond donors (Lipinski definition) is 1. The molecule has 1 saturated carbocycles. The summed E-state index contributed by atoms with van der Waals surface area (Å²) in [6.45, 7) is 5.47. The topological polar surface area (TPSA) is 103 Å². The lowest BCUT2D eigenvalue weighted by atomic mass is 9.79. The summed E-state index contributed by atoms with van der Waals surface area (Å²) in [5, 5.41) is 11.3.